The van der Waals surface area contributed by atoms with Crippen molar-refractivity contribution < 1.29 is 23.9 Å². The number of esters is 1. The molecule has 0 spiro atoms. The van der Waals surface area contributed by atoms with Crippen LogP contribution < -0.4 is 15.4 Å². The zero-order valence-electron chi connectivity index (χ0n) is 17.3. The molecular weight excluding hydrogens is 398 g/mol. The van der Waals surface area contributed by atoms with Gasteiger partial charge in [0.05, 0.1) is 12.2 Å². The quantitative estimate of drug-likeness (QED) is 0.433. The molecule has 1 heterocycles. The summed E-state index contributed by atoms with van der Waals surface area (Å²) in [4.78, 5) is 39.2. The number of hydrogen-bond donors (Lipinski definition) is 3. The first kappa shape index (κ1) is 21.9. The number of rotatable bonds is 10. The summed E-state index contributed by atoms with van der Waals surface area (Å²) in [5.41, 5.74) is 2.47. The Morgan fingerprint density at radius 1 is 1.00 bits per heavy atom. The van der Waals surface area contributed by atoms with Crippen LogP contribution in [0, 0.1) is 0 Å². The molecule has 0 unspecified atom stereocenters. The highest BCUT2D eigenvalue weighted by Gasteiger charge is 2.14. The highest BCUT2D eigenvalue weighted by Crippen LogP contribution is 2.18. The lowest BCUT2D eigenvalue weighted by atomic mass is 10.1. The maximum Gasteiger partial charge on any atom is 0.325 e. The lowest BCUT2D eigenvalue weighted by Gasteiger charge is -2.10. The summed E-state index contributed by atoms with van der Waals surface area (Å²) in [5, 5.41) is 6.31. The number of carbonyl (C=O) groups excluding carboxylic acids is 3. The number of amides is 2. The summed E-state index contributed by atoms with van der Waals surface area (Å²) in [6, 6.07) is 14.7. The third kappa shape index (κ3) is 6.08. The number of para-hydroxylation sites is 2. The van der Waals surface area contributed by atoms with Gasteiger partial charge in [0, 0.05) is 23.6 Å². The molecule has 8 heteroatoms. The molecule has 8 nitrogen and oxygen atoms in total. The molecule has 0 bridgehead atoms. The van der Waals surface area contributed by atoms with E-state index in [0.717, 1.165) is 16.5 Å². The summed E-state index contributed by atoms with van der Waals surface area (Å²) in [6.45, 7) is 1.91. The van der Waals surface area contributed by atoms with Crippen molar-refractivity contribution in [2.75, 3.05) is 26.3 Å². The van der Waals surface area contributed by atoms with Crippen molar-refractivity contribution in [3.05, 3.63) is 65.9 Å². The van der Waals surface area contributed by atoms with E-state index in [1.807, 2.05) is 37.4 Å². The maximum atomic E-state index is 12.2. The van der Waals surface area contributed by atoms with E-state index in [-0.39, 0.29) is 6.54 Å². The Labute approximate surface area is 179 Å². The minimum Gasteiger partial charge on any atom is -0.493 e. The number of benzene rings is 2. The van der Waals surface area contributed by atoms with Gasteiger partial charge in [-0.2, -0.15) is 0 Å². The monoisotopic (exact) mass is 423 g/mol. The molecular formula is C23H25N3O5. The van der Waals surface area contributed by atoms with Gasteiger partial charge in [-0.25, -0.2) is 0 Å². The summed E-state index contributed by atoms with van der Waals surface area (Å²) in [6.07, 6.45) is 2.57. The first-order valence-corrected chi connectivity index (χ1v) is 10.1. The van der Waals surface area contributed by atoms with Gasteiger partial charge in [-0.1, -0.05) is 30.3 Å². The Kier molecular flexibility index (Phi) is 7.64. The van der Waals surface area contributed by atoms with E-state index >= 15 is 0 Å². The van der Waals surface area contributed by atoms with Crippen LogP contribution in [0.2, 0.25) is 0 Å². The molecule has 0 fully saturated rings. The smallest absolute Gasteiger partial charge is 0.325 e. The zero-order valence-corrected chi connectivity index (χ0v) is 17.3. The lowest BCUT2D eigenvalue weighted by Crippen LogP contribution is -2.34. The number of aromatic amines is 1. The number of aromatic nitrogens is 1. The molecule has 3 N–H and O–H groups in total. The van der Waals surface area contributed by atoms with Crippen LogP contribution in [-0.2, 0) is 20.7 Å². The highest BCUT2D eigenvalue weighted by molar-refractivity contribution is 5.98. The number of H-pyrrole nitrogens is 1. The standard InChI is InChI=1S/C23H25N3O5/c1-2-30-20-10-6-4-8-18(20)23(29)26-14-22(28)31-15-21(27)24-12-11-16-13-25-19-9-5-3-7-17(16)19/h3-10,13,25H,2,11-12,14-15H2,1H3,(H,24,27)(H,26,29). The predicted octanol–water partition coefficient (Wildman–Crippen LogP) is 2.20. The van der Waals surface area contributed by atoms with Crippen molar-refractivity contribution in [1.29, 1.82) is 0 Å². The molecule has 0 saturated carbocycles. The van der Waals surface area contributed by atoms with Crippen LogP contribution in [0.25, 0.3) is 10.9 Å². The van der Waals surface area contributed by atoms with Gasteiger partial charge in [-0.05, 0) is 37.1 Å². The second-order valence-electron chi connectivity index (χ2n) is 6.73. The highest BCUT2D eigenvalue weighted by atomic mass is 16.5. The SMILES string of the molecule is CCOc1ccccc1C(=O)NCC(=O)OCC(=O)NCCc1c[nH]c2ccccc12. The first-order chi connectivity index (χ1) is 15.1. The predicted molar refractivity (Wildman–Crippen MR) is 116 cm³/mol. The minimum absolute atomic E-state index is 0.326. The molecule has 0 aliphatic carbocycles. The van der Waals surface area contributed by atoms with Crippen molar-refractivity contribution in [3.8, 4) is 5.75 Å². The van der Waals surface area contributed by atoms with Crippen LogP contribution in [0.5, 0.6) is 5.75 Å². The van der Waals surface area contributed by atoms with Crippen molar-refractivity contribution in [2.24, 2.45) is 0 Å². The molecule has 31 heavy (non-hydrogen) atoms. The van der Waals surface area contributed by atoms with E-state index in [2.05, 4.69) is 15.6 Å². The summed E-state index contributed by atoms with van der Waals surface area (Å²) in [5.74, 6) is -1.12. The molecule has 0 aliphatic heterocycles. The summed E-state index contributed by atoms with van der Waals surface area (Å²) >= 11 is 0. The third-order valence-corrected chi connectivity index (χ3v) is 4.58. The van der Waals surface area contributed by atoms with Crippen molar-refractivity contribution in [1.82, 2.24) is 15.6 Å². The van der Waals surface area contributed by atoms with Gasteiger partial charge in [0.25, 0.3) is 11.8 Å². The van der Waals surface area contributed by atoms with Crippen LogP contribution in [-0.4, -0.2) is 49.1 Å². The molecule has 2 amide bonds. The van der Waals surface area contributed by atoms with E-state index in [4.69, 9.17) is 9.47 Å². The Hall–Kier alpha value is -3.81. The maximum absolute atomic E-state index is 12.2. The van der Waals surface area contributed by atoms with Gasteiger partial charge in [0.1, 0.15) is 12.3 Å². The Balaban J connectivity index is 1.36. The van der Waals surface area contributed by atoms with Crippen molar-refractivity contribution in [3.63, 3.8) is 0 Å². The fraction of sp³-hybridized carbons (Fsp3) is 0.261. The lowest BCUT2D eigenvalue weighted by molar-refractivity contribution is -0.147. The molecule has 3 aromatic rings. The van der Waals surface area contributed by atoms with E-state index in [1.54, 1.807) is 24.3 Å². The van der Waals surface area contributed by atoms with Crippen LogP contribution in [0.4, 0.5) is 0 Å². The molecule has 2 aromatic carbocycles. The number of hydrogen-bond acceptors (Lipinski definition) is 5. The van der Waals surface area contributed by atoms with Gasteiger partial charge < -0.3 is 25.1 Å². The number of carbonyl (C=O) groups is 3. The largest absolute Gasteiger partial charge is 0.493 e. The Morgan fingerprint density at radius 3 is 2.61 bits per heavy atom. The van der Waals surface area contributed by atoms with Gasteiger partial charge in [0.15, 0.2) is 6.61 Å². The van der Waals surface area contributed by atoms with Gasteiger partial charge >= 0.3 is 5.97 Å². The fourth-order valence-corrected chi connectivity index (χ4v) is 3.11. The summed E-state index contributed by atoms with van der Waals surface area (Å²) in [7, 11) is 0. The van der Waals surface area contributed by atoms with Crippen molar-refractivity contribution >= 4 is 28.7 Å². The molecule has 1 aromatic heterocycles. The second-order valence-corrected chi connectivity index (χ2v) is 6.73. The van der Waals surface area contributed by atoms with E-state index in [9.17, 15) is 14.4 Å². The molecule has 0 atom stereocenters. The summed E-state index contributed by atoms with van der Waals surface area (Å²) < 4.78 is 10.3. The van der Waals surface area contributed by atoms with E-state index in [1.165, 1.54) is 0 Å². The Bertz CT molecular complexity index is 1060. The number of nitrogens with one attached hydrogen (secondary N) is 3. The van der Waals surface area contributed by atoms with E-state index in [0.29, 0.717) is 30.9 Å². The second kappa shape index (κ2) is 10.8. The number of ether oxygens (including phenoxy) is 2. The van der Waals surface area contributed by atoms with Gasteiger partial charge in [-0.3, -0.25) is 14.4 Å². The zero-order chi connectivity index (χ0) is 22.1. The van der Waals surface area contributed by atoms with Crippen LogP contribution in [0.1, 0.15) is 22.8 Å². The molecule has 162 valence electrons. The van der Waals surface area contributed by atoms with Crippen LogP contribution >= 0.6 is 0 Å². The molecule has 0 saturated heterocycles. The average molecular weight is 423 g/mol. The minimum atomic E-state index is -0.700. The molecule has 0 radical (unpaired) electrons. The van der Waals surface area contributed by atoms with Gasteiger partial charge in [0.2, 0.25) is 0 Å². The fourth-order valence-electron chi connectivity index (χ4n) is 3.11. The van der Waals surface area contributed by atoms with Crippen molar-refractivity contribution in [2.45, 2.75) is 13.3 Å². The molecule has 3 rings (SSSR count). The normalized spacial score (nSPS) is 10.5. The molecule has 0 aliphatic rings. The first-order valence-electron chi connectivity index (χ1n) is 10.1. The third-order valence-electron chi connectivity index (χ3n) is 4.58. The van der Waals surface area contributed by atoms with Crippen LogP contribution in [0.3, 0.4) is 0 Å². The number of fused-ring (bicyclic) bond motifs is 1. The average Bonchev–Trinajstić information content (AvgIpc) is 3.20. The van der Waals surface area contributed by atoms with E-state index < -0.39 is 24.4 Å². The van der Waals surface area contributed by atoms with Crippen LogP contribution in [0.15, 0.2) is 54.7 Å². The Morgan fingerprint density at radius 2 is 1.77 bits per heavy atom. The van der Waals surface area contributed by atoms with Gasteiger partial charge in [-0.15, -0.1) is 0 Å². The topological polar surface area (TPSA) is 110 Å².